The normalized spacial score (nSPS) is 16.0. The molecule has 0 aromatic heterocycles. The lowest BCUT2D eigenvalue weighted by atomic mass is 10.2. The summed E-state index contributed by atoms with van der Waals surface area (Å²) >= 11 is 0. The summed E-state index contributed by atoms with van der Waals surface area (Å²) in [5.41, 5.74) is 0.765. The Morgan fingerprint density at radius 2 is 2.00 bits per heavy atom. The van der Waals surface area contributed by atoms with Crippen molar-refractivity contribution in [2.24, 2.45) is 4.99 Å². The van der Waals surface area contributed by atoms with E-state index in [0.717, 1.165) is 17.1 Å². The molecular weight excluding hydrogens is 368 g/mol. The third kappa shape index (κ3) is 5.73. The molecular formula is C20H23F2N3O3. The minimum atomic E-state index is -2.85. The van der Waals surface area contributed by atoms with Crippen molar-refractivity contribution in [2.45, 2.75) is 26.2 Å². The van der Waals surface area contributed by atoms with Crippen LogP contribution in [0.4, 0.5) is 8.78 Å². The van der Waals surface area contributed by atoms with Gasteiger partial charge in [0.2, 0.25) is 0 Å². The number of benzene rings is 2. The Hall–Kier alpha value is -3.03. The highest BCUT2D eigenvalue weighted by Crippen LogP contribution is 2.30. The second-order valence-electron chi connectivity index (χ2n) is 6.10. The Kier molecular flexibility index (Phi) is 6.89. The molecule has 3 rings (SSSR count). The molecule has 0 saturated heterocycles. The van der Waals surface area contributed by atoms with Crippen LogP contribution in [0.15, 0.2) is 53.5 Å². The van der Waals surface area contributed by atoms with Crippen molar-refractivity contribution in [2.75, 3.05) is 19.7 Å². The van der Waals surface area contributed by atoms with Crippen molar-refractivity contribution in [3.8, 4) is 17.2 Å². The number of para-hydroxylation sites is 2. The number of hydrogen-bond donors (Lipinski definition) is 2. The molecule has 1 aliphatic rings. The molecule has 0 spiro atoms. The van der Waals surface area contributed by atoms with Gasteiger partial charge in [0.05, 0.1) is 13.1 Å². The zero-order chi connectivity index (χ0) is 19.8. The number of nitrogens with one attached hydrogen (secondary N) is 2. The number of guanidine groups is 1. The molecule has 0 fully saturated rings. The molecule has 0 radical (unpaired) electrons. The molecule has 1 heterocycles. The van der Waals surface area contributed by atoms with Crippen LogP contribution < -0.4 is 24.8 Å². The topological polar surface area (TPSA) is 64.1 Å². The zero-order valence-corrected chi connectivity index (χ0v) is 15.5. The van der Waals surface area contributed by atoms with Gasteiger partial charge < -0.3 is 24.8 Å². The van der Waals surface area contributed by atoms with E-state index in [-0.39, 0.29) is 11.9 Å². The van der Waals surface area contributed by atoms with Crippen LogP contribution in [0.5, 0.6) is 17.2 Å². The van der Waals surface area contributed by atoms with Crippen molar-refractivity contribution in [1.82, 2.24) is 10.6 Å². The van der Waals surface area contributed by atoms with Gasteiger partial charge in [-0.2, -0.15) is 8.78 Å². The molecule has 0 aliphatic carbocycles. The van der Waals surface area contributed by atoms with Crippen molar-refractivity contribution in [3.05, 3.63) is 54.1 Å². The minimum absolute atomic E-state index is 0.118. The Morgan fingerprint density at radius 1 is 1.18 bits per heavy atom. The minimum Gasteiger partial charge on any atom is -0.486 e. The van der Waals surface area contributed by atoms with Crippen LogP contribution >= 0.6 is 0 Å². The summed E-state index contributed by atoms with van der Waals surface area (Å²) in [7, 11) is 0. The number of ether oxygens (including phenoxy) is 3. The lowest BCUT2D eigenvalue weighted by Crippen LogP contribution is -2.45. The first-order valence-corrected chi connectivity index (χ1v) is 9.08. The van der Waals surface area contributed by atoms with Gasteiger partial charge in [0.1, 0.15) is 18.5 Å². The highest BCUT2D eigenvalue weighted by Gasteiger charge is 2.20. The van der Waals surface area contributed by atoms with Crippen LogP contribution in [-0.4, -0.2) is 38.4 Å². The second kappa shape index (κ2) is 9.77. The summed E-state index contributed by atoms with van der Waals surface area (Å²) in [5.74, 6) is 2.18. The summed E-state index contributed by atoms with van der Waals surface area (Å²) in [4.78, 5) is 4.49. The van der Waals surface area contributed by atoms with Crippen molar-refractivity contribution in [1.29, 1.82) is 0 Å². The highest BCUT2D eigenvalue weighted by molar-refractivity contribution is 5.79. The fraction of sp³-hybridized carbons (Fsp3) is 0.350. The fourth-order valence-corrected chi connectivity index (χ4v) is 2.71. The average molecular weight is 391 g/mol. The molecule has 1 unspecified atom stereocenters. The van der Waals surface area contributed by atoms with Crippen LogP contribution in [0.2, 0.25) is 0 Å². The Morgan fingerprint density at radius 3 is 2.79 bits per heavy atom. The molecule has 2 aromatic rings. The SMILES string of the molecule is CCNC(=NCc1cccc(OC(F)F)c1)NCC1COc2ccccc2O1. The van der Waals surface area contributed by atoms with E-state index in [1.165, 1.54) is 6.07 Å². The summed E-state index contributed by atoms with van der Waals surface area (Å²) in [6.45, 7) is 1.07. The van der Waals surface area contributed by atoms with E-state index in [0.29, 0.717) is 32.2 Å². The second-order valence-corrected chi connectivity index (χ2v) is 6.10. The summed E-state index contributed by atoms with van der Waals surface area (Å²) in [6, 6.07) is 14.0. The summed E-state index contributed by atoms with van der Waals surface area (Å²) in [6.07, 6.45) is -0.151. The molecule has 6 nitrogen and oxygen atoms in total. The van der Waals surface area contributed by atoms with E-state index >= 15 is 0 Å². The maximum absolute atomic E-state index is 12.3. The van der Waals surface area contributed by atoms with E-state index in [1.807, 2.05) is 31.2 Å². The van der Waals surface area contributed by atoms with Crippen molar-refractivity contribution >= 4 is 5.96 Å². The van der Waals surface area contributed by atoms with Gasteiger partial charge in [0.15, 0.2) is 17.5 Å². The molecule has 0 bridgehead atoms. The van der Waals surface area contributed by atoms with Crippen LogP contribution in [0.3, 0.4) is 0 Å². The first-order valence-electron chi connectivity index (χ1n) is 9.08. The molecule has 8 heteroatoms. The van der Waals surface area contributed by atoms with Gasteiger partial charge in [-0.3, -0.25) is 0 Å². The van der Waals surface area contributed by atoms with Gasteiger partial charge in [-0.05, 0) is 36.8 Å². The number of alkyl halides is 2. The van der Waals surface area contributed by atoms with Crippen LogP contribution in [0.25, 0.3) is 0 Å². The third-order valence-corrected chi connectivity index (χ3v) is 3.95. The Balaban J connectivity index is 1.56. The fourth-order valence-electron chi connectivity index (χ4n) is 2.71. The van der Waals surface area contributed by atoms with Gasteiger partial charge in [-0.25, -0.2) is 4.99 Å². The first kappa shape index (κ1) is 19.7. The molecule has 2 aromatic carbocycles. The maximum Gasteiger partial charge on any atom is 0.387 e. The average Bonchev–Trinajstić information content (AvgIpc) is 2.70. The van der Waals surface area contributed by atoms with E-state index < -0.39 is 6.61 Å². The molecule has 2 N–H and O–H groups in total. The van der Waals surface area contributed by atoms with Gasteiger partial charge in [0.25, 0.3) is 0 Å². The number of hydrogen-bond acceptors (Lipinski definition) is 4. The largest absolute Gasteiger partial charge is 0.486 e. The van der Waals surface area contributed by atoms with Gasteiger partial charge in [-0.1, -0.05) is 24.3 Å². The van der Waals surface area contributed by atoms with E-state index in [4.69, 9.17) is 9.47 Å². The van der Waals surface area contributed by atoms with Crippen LogP contribution in [-0.2, 0) is 6.54 Å². The molecule has 0 saturated carbocycles. The summed E-state index contributed by atoms with van der Waals surface area (Å²) in [5, 5.41) is 6.37. The van der Waals surface area contributed by atoms with Crippen LogP contribution in [0, 0.1) is 0 Å². The van der Waals surface area contributed by atoms with Crippen molar-refractivity contribution in [3.63, 3.8) is 0 Å². The van der Waals surface area contributed by atoms with Crippen molar-refractivity contribution < 1.29 is 23.0 Å². The Bertz CT molecular complexity index is 802. The molecule has 1 aliphatic heterocycles. The van der Waals surface area contributed by atoms with E-state index in [1.54, 1.807) is 18.2 Å². The number of rotatable bonds is 7. The van der Waals surface area contributed by atoms with Gasteiger partial charge >= 0.3 is 6.61 Å². The Labute approximate surface area is 162 Å². The number of aliphatic imine (C=N–C) groups is 1. The molecule has 1 atom stereocenters. The number of fused-ring (bicyclic) bond motifs is 1. The van der Waals surface area contributed by atoms with Gasteiger partial charge in [-0.15, -0.1) is 0 Å². The molecule has 28 heavy (non-hydrogen) atoms. The molecule has 0 amide bonds. The zero-order valence-electron chi connectivity index (χ0n) is 15.5. The number of nitrogens with zero attached hydrogens (tertiary/aromatic N) is 1. The lowest BCUT2D eigenvalue weighted by Gasteiger charge is -2.27. The van der Waals surface area contributed by atoms with E-state index in [9.17, 15) is 8.78 Å². The molecule has 150 valence electrons. The van der Waals surface area contributed by atoms with Crippen LogP contribution in [0.1, 0.15) is 12.5 Å². The predicted molar refractivity (Wildman–Crippen MR) is 102 cm³/mol. The standard InChI is InChI=1S/C20H23F2N3O3/c1-2-23-20(24-11-14-6-5-7-15(10-14)28-19(21)22)25-12-16-13-26-17-8-3-4-9-18(17)27-16/h3-10,16,19H,2,11-13H2,1H3,(H2,23,24,25). The smallest absolute Gasteiger partial charge is 0.387 e. The number of halogens is 2. The predicted octanol–water partition coefficient (Wildman–Crippen LogP) is 3.18. The quantitative estimate of drug-likeness (QED) is 0.561. The lowest BCUT2D eigenvalue weighted by molar-refractivity contribution is -0.0498. The third-order valence-electron chi connectivity index (χ3n) is 3.95. The summed E-state index contributed by atoms with van der Waals surface area (Å²) < 4.78 is 40.7. The monoisotopic (exact) mass is 391 g/mol. The maximum atomic E-state index is 12.3. The highest BCUT2D eigenvalue weighted by atomic mass is 19.3. The van der Waals surface area contributed by atoms with Gasteiger partial charge in [0, 0.05) is 6.54 Å². The first-order chi connectivity index (χ1) is 13.6. The van der Waals surface area contributed by atoms with E-state index in [2.05, 4.69) is 20.4 Å².